The average molecular weight is 250 g/mol. The highest BCUT2D eigenvalue weighted by Gasteiger charge is 2.32. The van der Waals surface area contributed by atoms with E-state index in [-0.39, 0.29) is 18.9 Å². The zero-order chi connectivity index (χ0) is 12.5. The molecule has 0 bridgehead atoms. The fourth-order valence-electron chi connectivity index (χ4n) is 2.11. The van der Waals surface area contributed by atoms with Crippen LogP contribution in [0.4, 0.5) is 4.79 Å². The summed E-state index contributed by atoms with van der Waals surface area (Å²) in [5, 5.41) is 0. The van der Waals surface area contributed by atoms with Crippen LogP contribution in [-0.2, 0) is 11.3 Å². The number of cyclic esters (lactones) is 1. The quantitative estimate of drug-likeness (QED) is 0.854. The van der Waals surface area contributed by atoms with Crippen LogP contribution in [0, 0.1) is 0 Å². The van der Waals surface area contributed by atoms with Crippen LogP contribution in [0.1, 0.15) is 5.56 Å². The molecule has 1 aromatic carbocycles. The average Bonchev–Trinajstić information content (AvgIpc) is 2.97. The smallest absolute Gasteiger partial charge is 0.410 e. The third-order valence-electron chi connectivity index (χ3n) is 3.14. The molecule has 1 unspecified atom stereocenters. The molecular weight excluding hydrogens is 236 g/mol. The van der Waals surface area contributed by atoms with Crippen LogP contribution in [-0.4, -0.2) is 37.0 Å². The minimum absolute atomic E-state index is 0.0528. The Morgan fingerprint density at radius 2 is 2.11 bits per heavy atom. The summed E-state index contributed by atoms with van der Waals surface area (Å²) in [6.45, 7) is 1.48. The van der Waals surface area contributed by atoms with Crippen LogP contribution in [0.3, 0.4) is 0 Å². The third kappa shape index (κ3) is 1.84. The van der Waals surface area contributed by atoms with Gasteiger partial charge in [-0.2, -0.15) is 0 Å². The monoisotopic (exact) mass is 250 g/mol. The van der Waals surface area contributed by atoms with E-state index in [1.54, 1.807) is 4.90 Å². The molecule has 0 spiro atoms. The number of rotatable bonds is 3. The lowest BCUT2D eigenvalue weighted by Crippen LogP contribution is -2.38. The Kier molecular flexibility index (Phi) is 2.71. The van der Waals surface area contributed by atoms with E-state index < -0.39 is 0 Å². The van der Waals surface area contributed by atoms with Crippen molar-refractivity contribution >= 4 is 6.09 Å². The van der Waals surface area contributed by atoms with Crippen molar-refractivity contribution in [3.63, 3.8) is 0 Å². The van der Waals surface area contributed by atoms with E-state index in [0.29, 0.717) is 25.4 Å². The van der Waals surface area contributed by atoms with E-state index in [1.807, 2.05) is 18.2 Å². The van der Waals surface area contributed by atoms with Gasteiger partial charge in [0.1, 0.15) is 6.61 Å². The van der Waals surface area contributed by atoms with Crippen molar-refractivity contribution < 1.29 is 19.0 Å². The van der Waals surface area contributed by atoms with E-state index in [4.69, 9.17) is 19.9 Å². The molecule has 1 atom stereocenters. The Morgan fingerprint density at radius 1 is 1.28 bits per heavy atom. The van der Waals surface area contributed by atoms with Crippen LogP contribution >= 0.6 is 0 Å². The topological polar surface area (TPSA) is 74.0 Å². The third-order valence-corrected chi connectivity index (χ3v) is 3.14. The van der Waals surface area contributed by atoms with Gasteiger partial charge in [-0.05, 0) is 17.7 Å². The molecule has 6 nitrogen and oxygen atoms in total. The molecule has 1 fully saturated rings. The van der Waals surface area contributed by atoms with Crippen molar-refractivity contribution in [2.24, 2.45) is 5.73 Å². The summed E-state index contributed by atoms with van der Waals surface area (Å²) in [6, 6.07) is 5.58. The normalized spacial score (nSPS) is 21.3. The summed E-state index contributed by atoms with van der Waals surface area (Å²) in [7, 11) is 0. The largest absolute Gasteiger partial charge is 0.454 e. The summed E-state index contributed by atoms with van der Waals surface area (Å²) >= 11 is 0. The van der Waals surface area contributed by atoms with Crippen LogP contribution in [0.25, 0.3) is 0 Å². The predicted molar refractivity (Wildman–Crippen MR) is 62.3 cm³/mol. The maximum absolute atomic E-state index is 11.6. The standard InChI is InChI=1S/C12H14N2O4/c13-4-9-6-16-12(15)14(9)5-8-1-2-10-11(3-8)18-7-17-10/h1-3,9H,4-7,13H2. The van der Waals surface area contributed by atoms with E-state index in [2.05, 4.69) is 0 Å². The summed E-state index contributed by atoms with van der Waals surface area (Å²) < 4.78 is 15.5. The van der Waals surface area contributed by atoms with Gasteiger partial charge in [0.2, 0.25) is 6.79 Å². The molecular formula is C12H14N2O4. The summed E-state index contributed by atoms with van der Waals surface area (Å²) in [5.41, 5.74) is 6.58. The Morgan fingerprint density at radius 3 is 2.94 bits per heavy atom. The highest BCUT2D eigenvalue weighted by Crippen LogP contribution is 2.33. The number of amides is 1. The van der Waals surface area contributed by atoms with E-state index >= 15 is 0 Å². The molecule has 2 aliphatic heterocycles. The van der Waals surface area contributed by atoms with E-state index in [1.165, 1.54) is 0 Å². The van der Waals surface area contributed by atoms with Crippen LogP contribution < -0.4 is 15.2 Å². The number of carbonyl (C=O) groups excluding carboxylic acids is 1. The van der Waals surface area contributed by atoms with Crippen LogP contribution in [0.2, 0.25) is 0 Å². The molecule has 0 radical (unpaired) electrons. The fraction of sp³-hybridized carbons (Fsp3) is 0.417. The highest BCUT2D eigenvalue weighted by atomic mass is 16.7. The number of fused-ring (bicyclic) bond motifs is 1. The number of carbonyl (C=O) groups is 1. The fourth-order valence-corrected chi connectivity index (χ4v) is 2.11. The summed E-state index contributed by atoms with van der Waals surface area (Å²) in [4.78, 5) is 13.2. The van der Waals surface area contributed by atoms with Gasteiger partial charge in [0.05, 0.1) is 6.04 Å². The van der Waals surface area contributed by atoms with Crippen molar-refractivity contribution in [2.45, 2.75) is 12.6 Å². The molecule has 0 aromatic heterocycles. The first-order valence-electron chi connectivity index (χ1n) is 5.80. The first-order valence-corrected chi connectivity index (χ1v) is 5.80. The van der Waals surface area contributed by atoms with Crippen LogP contribution in [0.15, 0.2) is 18.2 Å². The number of hydrogen-bond acceptors (Lipinski definition) is 5. The number of nitrogens with two attached hydrogens (primary N) is 1. The lowest BCUT2D eigenvalue weighted by atomic mass is 10.1. The molecule has 0 saturated carbocycles. The van der Waals surface area contributed by atoms with Gasteiger partial charge in [-0.1, -0.05) is 6.07 Å². The Labute approximate surface area is 104 Å². The second-order valence-corrected chi connectivity index (χ2v) is 4.28. The summed E-state index contributed by atoms with van der Waals surface area (Å²) in [5.74, 6) is 1.45. The molecule has 0 aliphatic carbocycles. The molecule has 1 aromatic rings. The van der Waals surface area contributed by atoms with Crippen LogP contribution in [0.5, 0.6) is 11.5 Å². The number of nitrogens with zero attached hydrogens (tertiary/aromatic N) is 1. The van der Waals surface area contributed by atoms with Gasteiger partial charge in [0.25, 0.3) is 0 Å². The lowest BCUT2D eigenvalue weighted by molar-refractivity contribution is 0.156. The molecule has 1 amide bonds. The Bertz CT molecular complexity index is 477. The SMILES string of the molecule is NCC1COC(=O)N1Cc1ccc2c(c1)OCO2. The minimum Gasteiger partial charge on any atom is -0.454 e. The van der Waals surface area contributed by atoms with E-state index in [9.17, 15) is 4.79 Å². The van der Waals surface area contributed by atoms with Gasteiger partial charge in [-0.25, -0.2) is 4.79 Å². The van der Waals surface area contributed by atoms with Gasteiger partial charge in [0.15, 0.2) is 11.5 Å². The van der Waals surface area contributed by atoms with Crippen molar-refractivity contribution in [3.8, 4) is 11.5 Å². The van der Waals surface area contributed by atoms with Crippen molar-refractivity contribution in [1.29, 1.82) is 0 Å². The van der Waals surface area contributed by atoms with Crippen molar-refractivity contribution in [3.05, 3.63) is 23.8 Å². The molecule has 2 N–H and O–H groups in total. The number of benzene rings is 1. The molecule has 96 valence electrons. The second kappa shape index (κ2) is 4.38. The molecule has 2 aliphatic rings. The number of ether oxygens (including phenoxy) is 3. The van der Waals surface area contributed by atoms with Crippen molar-refractivity contribution in [1.82, 2.24) is 4.90 Å². The van der Waals surface area contributed by atoms with Gasteiger partial charge < -0.3 is 19.9 Å². The molecule has 6 heteroatoms. The zero-order valence-corrected chi connectivity index (χ0v) is 9.80. The van der Waals surface area contributed by atoms with Gasteiger partial charge in [0, 0.05) is 13.1 Å². The Hall–Kier alpha value is -1.95. The second-order valence-electron chi connectivity index (χ2n) is 4.28. The Balaban J connectivity index is 1.78. The first-order chi connectivity index (χ1) is 8.78. The lowest BCUT2D eigenvalue weighted by Gasteiger charge is -2.19. The molecule has 2 heterocycles. The van der Waals surface area contributed by atoms with E-state index in [0.717, 1.165) is 11.3 Å². The maximum atomic E-state index is 11.6. The molecule has 18 heavy (non-hydrogen) atoms. The number of hydrogen-bond donors (Lipinski definition) is 1. The predicted octanol–water partition coefficient (Wildman–Crippen LogP) is 0.695. The molecule has 3 rings (SSSR count). The van der Waals surface area contributed by atoms with Gasteiger partial charge >= 0.3 is 6.09 Å². The highest BCUT2D eigenvalue weighted by molar-refractivity contribution is 5.70. The maximum Gasteiger partial charge on any atom is 0.410 e. The van der Waals surface area contributed by atoms with Gasteiger partial charge in [-0.3, -0.25) is 4.90 Å². The molecule has 1 saturated heterocycles. The minimum atomic E-state index is -0.317. The van der Waals surface area contributed by atoms with Crippen molar-refractivity contribution in [2.75, 3.05) is 19.9 Å². The first kappa shape index (κ1) is 11.2. The zero-order valence-electron chi connectivity index (χ0n) is 9.80. The summed E-state index contributed by atoms with van der Waals surface area (Å²) in [6.07, 6.45) is -0.317. The van der Waals surface area contributed by atoms with Gasteiger partial charge in [-0.15, -0.1) is 0 Å².